The van der Waals surface area contributed by atoms with E-state index >= 15 is 0 Å². The number of nitrogens with zero attached hydrogens (tertiary/aromatic N) is 5. The van der Waals surface area contributed by atoms with E-state index in [1.54, 1.807) is 0 Å². The molecule has 168 valence electrons. The summed E-state index contributed by atoms with van der Waals surface area (Å²) in [4.78, 5) is 14.5. The normalized spacial score (nSPS) is 16.6. The molecule has 1 aliphatic heterocycles. The maximum Gasteiger partial charge on any atom is 0.259 e. The summed E-state index contributed by atoms with van der Waals surface area (Å²) in [6, 6.07) is 7.75. The van der Waals surface area contributed by atoms with Gasteiger partial charge in [0.05, 0.1) is 12.8 Å². The van der Waals surface area contributed by atoms with Crippen LogP contribution in [0.3, 0.4) is 0 Å². The molecule has 0 radical (unpaired) electrons. The fourth-order valence-electron chi connectivity index (χ4n) is 3.32. The number of carbonyl (C=O) groups is 1. The highest BCUT2D eigenvalue weighted by Crippen LogP contribution is 2.27. The Kier molecular flexibility index (Phi) is 6.42. The van der Waals surface area contributed by atoms with Gasteiger partial charge in [0.15, 0.2) is 23.5 Å². The summed E-state index contributed by atoms with van der Waals surface area (Å²) in [5, 5.41) is 33.2. The molecule has 1 fully saturated rings. The van der Waals surface area contributed by atoms with Crippen molar-refractivity contribution in [3.8, 4) is 5.75 Å². The van der Waals surface area contributed by atoms with Gasteiger partial charge >= 0.3 is 0 Å². The Morgan fingerprint density at radius 2 is 2.06 bits per heavy atom. The molecule has 1 aromatic carbocycles. The zero-order valence-corrected chi connectivity index (χ0v) is 18.3. The molecule has 0 saturated carbocycles. The van der Waals surface area contributed by atoms with Gasteiger partial charge in [0, 0.05) is 19.1 Å². The lowest BCUT2D eigenvalue weighted by atomic mass is 10.1. The fraction of sp³-hybridized carbons (Fsp3) is 0.350. The lowest BCUT2D eigenvalue weighted by Gasteiger charge is -2.16. The van der Waals surface area contributed by atoms with Crippen molar-refractivity contribution >= 4 is 33.3 Å². The second kappa shape index (κ2) is 9.40. The Hall–Kier alpha value is -3.38. The molecule has 1 saturated heterocycles. The van der Waals surface area contributed by atoms with Gasteiger partial charge in [0.1, 0.15) is 0 Å². The number of hydrogen-bond donors (Lipinski definition) is 3. The number of aliphatic hydroxyl groups is 1. The number of rotatable bonds is 7. The molecular weight excluding hydrogens is 437 g/mol. The second-order valence-electron chi connectivity index (χ2n) is 7.31. The van der Waals surface area contributed by atoms with E-state index in [2.05, 4.69) is 35.9 Å². The fourth-order valence-corrected chi connectivity index (χ4v) is 4.05. The molecule has 3 aromatic rings. The van der Waals surface area contributed by atoms with Crippen LogP contribution in [-0.4, -0.2) is 57.6 Å². The van der Waals surface area contributed by atoms with Gasteiger partial charge in [0.25, 0.3) is 5.91 Å². The maximum absolute atomic E-state index is 13.5. The second-order valence-corrected chi connectivity index (χ2v) is 8.28. The largest absolute Gasteiger partial charge is 0.494 e. The first kappa shape index (κ1) is 21.8. The van der Waals surface area contributed by atoms with Crippen molar-refractivity contribution in [1.29, 1.82) is 0 Å². The number of benzene rings is 1. The van der Waals surface area contributed by atoms with Crippen LogP contribution in [0.25, 0.3) is 0 Å². The number of ether oxygens (including phenoxy) is 1. The minimum absolute atomic E-state index is 0.0565. The Balaban J connectivity index is 1.33. The third kappa shape index (κ3) is 4.92. The van der Waals surface area contributed by atoms with Gasteiger partial charge in [-0.15, -0.1) is 15.3 Å². The van der Waals surface area contributed by atoms with E-state index in [9.17, 15) is 14.3 Å². The first-order valence-electron chi connectivity index (χ1n) is 9.90. The van der Waals surface area contributed by atoms with Gasteiger partial charge in [-0.1, -0.05) is 17.4 Å². The van der Waals surface area contributed by atoms with Crippen LogP contribution in [0.2, 0.25) is 0 Å². The van der Waals surface area contributed by atoms with Crippen molar-refractivity contribution < 1.29 is 19.0 Å². The standard InChI is InChI=1S/C20H22FN7O3S/c1-11-3-6-16(25-24-11)28-8-7-13(10-28)22-19-26-27-20(32-19)23-18(30)17(29)12-4-5-14(21)15(9-12)31-2/h3-6,9,13,17,29H,7-8,10H2,1-2H3,(H,22,26)(H,23,27,30)/t13-,17+/m1/s1. The summed E-state index contributed by atoms with van der Waals surface area (Å²) in [7, 11) is 1.31. The average Bonchev–Trinajstić information content (AvgIpc) is 3.44. The Labute approximate surface area is 187 Å². The number of aryl methyl sites for hydroxylation is 1. The van der Waals surface area contributed by atoms with Crippen molar-refractivity contribution in [1.82, 2.24) is 20.4 Å². The summed E-state index contributed by atoms with van der Waals surface area (Å²) in [6.07, 6.45) is -0.620. The number of aliphatic hydroxyl groups excluding tert-OH is 1. The highest BCUT2D eigenvalue weighted by Gasteiger charge is 2.25. The molecule has 0 bridgehead atoms. The molecule has 32 heavy (non-hydrogen) atoms. The van der Waals surface area contributed by atoms with E-state index in [0.29, 0.717) is 5.13 Å². The predicted octanol–water partition coefficient (Wildman–Crippen LogP) is 2.15. The zero-order chi connectivity index (χ0) is 22.7. The van der Waals surface area contributed by atoms with Crippen LogP contribution in [0.4, 0.5) is 20.5 Å². The Morgan fingerprint density at radius 1 is 1.25 bits per heavy atom. The van der Waals surface area contributed by atoms with E-state index in [0.717, 1.165) is 48.4 Å². The molecule has 0 spiro atoms. The van der Waals surface area contributed by atoms with Gasteiger partial charge in [0.2, 0.25) is 10.3 Å². The van der Waals surface area contributed by atoms with Gasteiger partial charge in [-0.25, -0.2) is 4.39 Å². The quantitative estimate of drug-likeness (QED) is 0.487. The highest BCUT2D eigenvalue weighted by molar-refractivity contribution is 7.19. The molecule has 2 aromatic heterocycles. The predicted molar refractivity (Wildman–Crippen MR) is 117 cm³/mol. The molecule has 12 heteroatoms. The van der Waals surface area contributed by atoms with Crippen LogP contribution in [0, 0.1) is 12.7 Å². The number of nitrogens with one attached hydrogen (secondary N) is 2. The van der Waals surface area contributed by atoms with Crippen molar-refractivity contribution in [3.63, 3.8) is 0 Å². The van der Waals surface area contributed by atoms with Gasteiger partial charge in [-0.05, 0) is 43.2 Å². The number of aromatic nitrogens is 4. The summed E-state index contributed by atoms with van der Waals surface area (Å²) in [6.45, 7) is 3.47. The van der Waals surface area contributed by atoms with Gasteiger partial charge < -0.3 is 20.1 Å². The van der Waals surface area contributed by atoms with Crippen LogP contribution in [0.15, 0.2) is 30.3 Å². The number of anilines is 3. The average molecular weight is 460 g/mol. The molecule has 0 unspecified atom stereocenters. The highest BCUT2D eigenvalue weighted by atomic mass is 32.1. The van der Waals surface area contributed by atoms with E-state index in [1.165, 1.54) is 19.2 Å². The van der Waals surface area contributed by atoms with Gasteiger partial charge in [-0.3, -0.25) is 10.1 Å². The lowest BCUT2D eigenvalue weighted by molar-refractivity contribution is -0.124. The number of carbonyl (C=O) groups excluding carboxylic acids is 1. The SMILES string of the molecule is COc1cc([C@H](O)C(=O)Nc2nnc(N[C@@H]3CCN(c4ccc(C)nn4)C3)s2)ccc1F. The summed E-state index contributed by atoms with van der Waals surface area (Å²) in [5.74, 6) is -0.509. The van der Waals surface area contributed by atoms with Crippen molar-refractivity contribution in [2.45, 2.75) is 25.5 Å². The minimum atomic E-state index is -1.51. The molecule has 3 N–H and O–H groups in total. The maximum atomic E-state index is 13.5. The van der Waals surface area contributed by atoms with Gasteiger partial charge in [-0.2, -0.15) is 5.10 Å². The topological polar surface area (TPSA) is 125 Å². The third-order valence-corrected chi connectivity index (χ3v) is 5.79. The molecule has 10 nitrogen and oxygen atoms in total. The van der Waals surface area contributed by atoms with Crippen LogP contribution in [0.5, 0.6) is 5.75 Å². The molecule has 3 heterocycles. The van der Waals surface area contributed by atoms with Crippen LogP contribution >= 0.6 is 11.3 Å². The van der Waals surface area contributed by atoms with E-state index in [1.807, 2.05) is 19.1 Å². The minimum Gasteiger partial charge on any atom is -0.494 e. The first-order valence-corrected chi connectivity index (χ1v) is 10.7. The number of methoxy groups -OCH3 is 1. The summed E-state index contributed by atoms with van der Waals surface area (Å²) in [5.41, 5.74) is 1.07. The zero-order valence-electron chi connectivity index (χ0n) is 17.4. The molecule has 1 aliphatic rings. The van der Waals surface area contributed by atoms with Crippen LogP contribution < -0.4 is 20.3 Å². The molecular formula is C20H22FN7O3S. The van der Waals surface area contributed by atoms with E-state index < -0.39 is 17.8 Å². The lowest BCUT2D eigenvalue weighted by Crippen LogP contribution is -2.26. The summed E-state index contributed by atoms with van der Waals surface area (Å²) >= 11 is 1.16. The molecule has 4 rings (SSSR count). The van der Waals surface area contributed by atoms with Crippen molar-refractivity contribution in [2.24, 2.45) is 0 Å². The molecule has 2 atom stereocenters. The monoisotopic (exact) mass is 459 g/mol. The van der Waals surface area contributed by atoms with E-state index in [4.69, 9.17) is 4.74 Å². The Morgan fingerprint density at radius 3 is 2.81 bits per heavy atom. The van der Waals surface area contributed by atoms with E-state index in [-0.39, 0.29) is 22.5 Å². The third-order valence-electron chi connectivity index (χ3n) is 5.02. The Bertz CT molecular complexity index is 1100. The summed E-state index contributed by atoms with van der Waals surface area (Å²) < 4.78 is 18.4. The number of halogens is 1. The molecule has 1 amide bonds. The van der Waals surface area contributed by atoms with Crippen molar-refractivity contribution in [2.75, 3.05) is 35.7 Å². The van der Waals surface area contributed by atoms with Crippen LogP contribution in [0.1, 0.15) is 23.8 Å². The smallest absolute Gasteiger partial charge is 0.259 e. The molecule has 0 aliphatic carbocycles. The van der Waals surface area contributed by atoms with Crippen LogP contribution in [-0.2, 0) is 4.79 Å². The first-order chi connectivity index (χ1) is 15.4. The number of hydrogen-bond acceptors (Lipinski definition) is 10. The number of amides is 1. The van der Waals surface area contributed by atoms with Crippen molar-refractivity contribution in [3.05, 3.63) is 47.4 Å².